The zero-order chi connectivity index (χ0) is 11.8. The van der Waals surface area contributed by atoms with Crippen LogP contribution in [0.4, 0.5) is 0 Å². The van der Waals surface area contributed by atoms with Crippen molar-refractivity contribution in [3.63, 3.8) is 0 Å². The maximum absolute atomic E-state index is 11.3. The average Bonchev–Trinajstić information content (AvgIpc) is 2.34. The zero-order valence-electron chi connectivity index (χ0n) is 8.92. The monoisotopic (exact) mass is 223 g/mol. The Morgan fingerprint density at radius 2 is 2.00 bits per heavy atom. The Balaban J connectivity index is 2.46. The average molecular weight is 223 g/mol. The first-order chi connectivity index (χ1) is 7.77. The molecular weight excluding hydrogens is 210 g/mol. The predicted octanol–water partition coefficient (Wildman–Crippen LogP) is 1.55. The number of ether oxygens (including phenoxy) is 2. The standard InChI is InChI=1S/C11H13NO4/c1-2-15-10(12-14)11(13)16-8-9-6-4-3-5-7-9/h3-7,14H,2,8H2,1H3/b12-10+. The molecule has 0 aliphatic carbocycles. The van der Waals surface area contributed by atoms with E-state index in [-0.39, 0.29) is 13.2 Å². The van der Waals surface area contributed by atoms with Gasteiger partial charge in [-0.2, -0.15) is 0 Å². The van der Waals surface area contributed by atoms with Gasteiger partial charge in [-0.15, -0.1) is 0 Å². The minimum Gasteiger partial charge on any atom is -0.471 e. The van der Waals surface area contributed by atoms with E-state index >= 15 is 0 Å². The Kier molecular flexibility index (Phi) is 4.85. The Bertz CT molecular complexity index is 362. The summed E-state index contributed by atoms with van der Waals surface area (Å²) in [6.07, 6.45) is 0. The highest BCUT2D eigenvalue weighted by Gasteiger charge is 2.14. The zero-order valence-corrected chi connectivity index (χ0v) is 8.92. The summed E-state index contributed by atoms with van der Waals surface area (Å²) in [5.74, 6) is -1.22. The number of carbonyl (C=O) groups is 1. The SMILES string of the molecule is CCO/C(=N/O)C(=O)OCc1ccccc1. The van der Waals surface area contributed by atoms with Gasteiger partial charge in [0.2, 0.25) is 0 Å². The Labute approximate surface area is 93.3 Å². The molecule has 16 heavy (non-hydrogen) atoms. The van der Waals surface area contributed by atoms with Crippen molar-refractivity contribution in [3.05, 3.63) is 35.9 Å². The second kappa shape index (κ2) is 6.44. The van der Waals surface area contributed by atoms with Crippen LogP contribution in [0.3, 0.4) is 0 Å². The molecule has 1 aromatic rings. The summed E-state index contributed by atoms with van der Waals surface area (Å²) in [6, 6.07) is 9.19. The van der Waals surface area contributed by atoms with E-state index in [1.165, 1.54) is 0 Å². The molecule has 0 fully saturated rings. The summed E-state index contributed by atoms with van der Waals surface area (Å²) in [7, 11) is 0. The van der Waals surface area contributed by atoms with Crippen LogP contribution in [-0.4, -0.2) is 23.7 Å². The number of hydrogen-bond acceptors (Lipinski definition) is 5. The lowest BCUT2D eigenvalue weighted by Crippen LogP contribution is -2.20. The normalized spacial score (nSPS) is 10.9. The second-order valence-corrected chi connectivity index (χ2v) is 2.90. The molecule has 0 atom stereocenters. The van der Waals surface area contributed by atoms with Crippen molar-refractivity contribution < 1.29 is 19.5 Å². The Morgan fingerprint density at radius 1 is 1.31 bits per heavy atom. The van der Waals surface area contributed by atoms with Crippen LogP contribution in [0.2, 0.25) is 0 Å². The summed E-state index contributed by atoms with van der Waals surface area (Å²) in [4.78, 5) is 11.3. The largest absolute Gasteiger partial charge is 0.471 e. The molecule has 0 saturated carbocycles. The van der Waals surface area contributed by atoms with E-state index in [1.54, 1.807) is 6.92 Å². The first kappa shape index (κ1) is 12.0. The van der Waals surface area contributed by atoms with E-state index in [4.69, 9.17) is 14.7 Å². The van der Waals surface area contributed by atoms with Crippen LogP contribution in [0.5, 0.6) is 0 Å². The lowest BCUT2D eigenvalue weighted by atomic mass is 10.2. The molecule has 0 aliphatic heterocycles. The fourth-order valence-corrected chi connectivity index (χ4v) is 1.05. The number of rotatable bonds is 3. The van der Waals surface area contributed by atoms with Crippen molar-refractivity contribution in [1.29, 1.82) is 0 Å². The van der Waals surface area contributed by atoms with Crippen LogP contribution >= 0.6 is 0 Å². The van der Waals surface area contributed by atoms with Crippen LogP contribution in [0.15, 0.2) is 35.5 Å². The van der Waals surface area contributed by atoms with Crippen molar-refractivity contribution in [2.75, 3.05) is 6.61 Å². The van der Waals surface area contributed by atoms with Crippen molar-refractivity contribution in [2.45, 2.75) is 13.5 Å². The van der Waals surface area contributed by atoms with E-state index in [9.17, 15) is 4.79 Å². The molecule has 1 N–H and O–H groups in total. The van der Waals surface area contributed by atoms with Crippen molar-refractivity contribution in [3.8, 4) is 0 Å². The maximum Gasteiger partial charge on any atom is 0.397 e. The van der Waals surface area contributed by atoms with E-state index in [2.05, 4.69) is 5.16 Å². The van der Waals surface area contributed by atoms with Gasteiger partial charge in [-0.3, -0.25) is 0 Å². The molecule has 5 heteroatoms. The highest BCUT2D eigenvalue weighted by Crippen LogP contribution is 2.01. The highest BCUT2D eigenvalue weighted by atomic mass is 16.6. The predicted molar refractivity (Wildman–Crippen MR) is 57.1 cm³/mol. The van der Waals surface area contributed by atoms with Crippen LogP contribution < -0.4 is 0 Å². The van der Waals surface area contributed by atoms with Gasteiger partial charge < -0.3 is 14.7 Å². The van der Waals surface area contributed by atoms with Gasteiger partial charge in [-0.25, -0.2) is 4.79 Å². The third kappa shape index (κ3) is 3.61. The number of carbonyl (C=O) groups excluding carboxylic acids is 1. The van der Waals surface area contributed by atoms with Gasteiger partial charge in [0.05, 0.1) is 6.61 Å². The number of esters is 1. The van der Waals surface area contributed by atoms with E-state index in [0.717, 1.165) is 5.56 Å². The molecule has 0 amide bonds. The topological polar surface area (TPSA) is 68.1 Å². The molecule has 5 nitrogen and oxygen atoms in total. The van der Waals surface area contributed by atoms with Crippen molar-refractivity contribution >= 4 is 11.9 Å². The fraction of sp³-hybridized carbons (Fsp3) is 0.273. The molecule has 0 unspecified atom stereocenters. The number of nitrogens with zero attached hydrogens (tertiary/aromatic N) is 1. The van der Waals surface area contributed by atoms with Crippen LogP contribution in [0.25, 0.3) is 0 Å². The second-order valence-electron chi connectivity index (χ2n) is 2.90. The van der Waals surface area contributed by atoms with E-state index in [0.29, 0.717) is 0 Å². The van der Waals surface area contributed by atoms with E-state index in [1.807, 2.05) is 30.3 Å². The molecule has 0 bridgehead atoms. The van der Waals surface area contributed by atoms with Gasteiger partial charge in [-0.05, 0) is 17.6 Å². The molecule has 0 radical (unpaired) electrons. The van der Waals surface area contributed by atoms with Crippen LogP contribution in [0.1, 0.15) is 12.5 Å². The van der Waals surface area contributed by atoms with Gasteiger partial charge >= 0.3 is 11.9 Å². The number of hydrogen-bond donors (Lipinski definition) is 1. The molecular formula is C11H13NO4. The summed E-state index contributed by atoms with van der Waals surface area (Å²) in [5, 5.41) is 11.2. The molecule has 0 aromatic heterocycles. The van der Waals surface area contributed by atoms with E-state index < -0.39 is 11.9 Å². The number of oxime groups is 1. The molecule has 1 aromatic carbocycles. The smallest absolute Gasteiger partial charge is 0.397 e. The third-order valence-electron chi connectivity index (χ3n) is 1.76. The van der Waals surface area contributed by atoms with Gasteiger partial charge in [0.25, 0.3) is 0 Å². The first-order valence-corrected chi connectivity index (χ1v) is 4.83. The van der Waals surface area contributed by atoms with Gasteiger partial charge in [0, 0.05) is 0 Å². The first-order valence-electron chi connectivity index (χ1n) is 4.83. The lowest BCUT2D eigenvalue weighted by molar-refractivity contribution is -0.138. The quantitative estimate of drug-likeness (QED) is 0.277. The molecule has 0 saturated heterocycles. The van der Waals surface area contributed by atoms with Gasteiger partial charge in [0.15, 0.2) is 0 Å². The summed E-state index contributed by atoms with van der Waals surface area (Å²) < 4.78 is 9.65. The summed E-state index contributed by atoms with van der Waals surface area (Å²) in [6.45, 7) is 2.03. The molecule has 0 spiro atoms. The lowest BCUT2D eigenvalue weighted by Gasteiger charge is -2.05. The van der Waals surface area contributed by atoms with Crippen molar-refractivity contribution in [1.82, 2.24) is 0 Å². The molecule has 1 rings (SSSR count). The minimum absolute atomic E-state index is 0.117. The highest BCUT2D eigenvalue weighted by molar-refractivity contribution is 6.32. The van der Waals surface area contributed by atoms with Gasteiger partial charge in [-0.1, -0.05) is 30.3 Å². The minimum atomic E-state index is -0.784. The Hall–Kier alpha value is -2.04. The summed E-state index contributed by atoms with van der Waals surface area (Å²) >= 11 is 0. The molecule has 86 valence electrons. The van der Waals surface area contributed by atoms with Gasteiger partial charge in [0.1, 0.15) is 6.61 Å². The maximum atomic E-state index is 11.3. The third-order valence-corrected chi connectivity index (χ3v) is 1.76. The van der Waals surface area contributed by atoms with Crippen LogP contribution in [-0.2, 0) is 20.9 Å². The van der Waals surface area contributed by atoms with Crippen molar-refractivity contribution in [2.24, 2.45) is 5.16 Å². The Morgan fingerprint density at radius 3 is 2.56 bits per heavy atom. The summed E-state index contributed by atoms with van der Waals surface area (Å²) in [5.41, 5.74) is 0.852. The van der Waals surface area contributed by atoms with Crippen LogP contribution in [0, 0.1) is 0 Å². The molecule has 0 aliphatic rings. The fourth-order valence-electron chi connectivity index (χ4n) is 1.05. The number of benzene rings is 1. The molecule has 0 heterocycles.